The minimum absolute atomic E-state index is 0.238. The lowest BCUT2D eigenvalue weighted by molar-refractivity contribution is -0.122. The van der Waals surface area contributed by atoms with Crippen LogP contribution in [0.4, 0.5) is 4.79 Å². The second-order valence-corrected chi connectivity index (χ2v) is 6.91. The van der Waals surface area contributed by atoms with Crippen molar-refractivity contribution in [3.63, 3.8) is 0 Å². The molecule has 0 aromatic carbocycles. The maximum Gasteiger partial charge on any atom is 0.321 e. The van der Waals surface area contributed by atoms with Gasteiger partial charge in [0.05, 0.1) is 6.04 Å². The van der Waals surface area contributed by atoms with Crippen LogP contribution in [0.3, 0.4) is 0 Å². The molecule has 0 aromatic heterocycles. The van der Waals surface area contributed by atoms with Gasteiger partial charge in [0.2, 0.25) is 5.91 Å². The lowest BCUT2D eigenvalue weighted by Crippen LogP contribution is -2.59. The Morgan fingerprint density at radius 3 is 2.05 bits per heavy atom. The summed E-state index contributed by atoms with van der Waals surface area (Å²) in [5.41, 5.74) is 0. The minimum atomic E-state index is -0.436. The molecule has 0 heterocycles. The van der Waals surface area contributed by atoms with Crippen LogP contribution in [0.2, 0.25) is 0 Å². The van der Waals surface area contributed by atoms with Crippen LogP contribution in [-0.2, 0) is 4.79 Å². The summed E-state index contributed by atoms with van der Waals surface area (Å²) in [7, 11) is 1.51. The molecule has 4 saturated carbocycles. The normalized spacial score (nSPS) is 39.4. The largest absolute Gasteiger partial charge is 0.341 e. The van der Waals surface area contributed by atoms with E-state index < -0.39 is 6.03 Å². The van der Waals surface area contributed by atoms with Gasteiger partial charge in [-0.2, -0.15) is 0 Å². The van der Waals surface area contributed by atoms with E-state index in [0.29, 0.717) is 6.04 Å². The lowest BCUT2D eigenvalue weighted by atomic mass is 9.54. The van der Waals surface area contributed by atoms with Crippen LogP contribution in [0.15, 0.2) is 0 Å². The fraction of sp³-hybridized carbons (Fsp3) is 0.867. The predicted octanol–water partition coefficient (Wildman–Crippen LogP) is 1.24. The molecule has 4 rings (SSSR count). The van der Waals surface area contributed by atoms with Gasteiger partial charge in [0.1, 0.15) is 0 Å². The van der Waals surface area contributed by atoms with Crippen molar-refractivity contribution in [1.82, 2.24) is 16.0 Å². The number of amides is 3. The van der Waals surface area contributed by atoms with Crippen LogP contribution in [-0.4, -0.2) is 31.1 Å². The highest BCUT2D eigenvalue weighted by Crippen LogP contribution is 2.53. The van der Waals surface area contributed by atoms with Crippen molar-refractivity contribution < 1.29 is 9.59 Å². The summed E-state index contributed by atoms with van der Waals surface area (Å²) in [5.74, 6) is 3.11. The van der Waals surface area contributed by atoms with Crippen molar-refractivity contribution in [2.75, 3.05) is 7.05 Å². The van der Waals surface area contributed by atoms with Crippen molar-refractivity contribution in [2.45, 2.75) is 51.1 Å². The number of urea groups is 1. The Morgan fingerprint density at radius 2 is 1.55 bits per heavy atom. The maximum absolute atomic E-state index is 11.9. The molecule has 0 aromatic rings. The average molecular weight is 279 g/mol. The summed E-state index contributed by atoms with van der Waals surface area (Å²) in [4.78, 5) is 23.1. The topological polar surface area (TPSA) is 70.2 Å². The first-order chi connectivity index (χ1) is 9.56. The van der Waals surface area contributed by atoms with E-state index in [1.807, 2.05) is 6.92 Å². The Morgan fingerprint density at radius 1 is 1.00 bits per heavy atom. The van der Waals surface area contributed by atoms with E-state index in [4.69, 9.17) is 0 Å². The van der Waals surface area contributed by atoms with Gasteiger partial charge in [-0.1, -0.05) is 0 Å². The second-order valence-electron chi connectivity index (χ2n) is 6.91. The zero-order valence-corrected chi connectivity index (χ0v) is 12.3. The molecular weight excluding hydrogens is 254 g/mol. The first-order valence-corrected chi connectivity index (χ1v) is 7.85. The molecular formula is C15H25N3O2. The standard InChI is InChI=1S/C15H25N3O2/c1-8(14(19)18-15(20)16-2)17-13-11-4-9-3-10(6-11)7-12(13)5-9/h8-13,17H,3-7H2,1-2H3,(H2,16,18,19,20). The van der Waals surface area contributed by atoms with E-state index in [9.17, 15) is 9.59 Å². The molecule has 3 amide bonds. The van der Waals surface area contributed by atoms with Gasteiger partial charge in [-0.3, -0.25) is 10.1 Å². The monoisotopic (exact) mass is 279 g/mol. The highest BCUT2D eigenvalue weighted by atomic mass is 16.2. The molecule has 5 heteroatoms. The van der Waals surface area contributed by atoms with E-state index >= 15 is 0 Å². The van der Waals surface area contributed by atoms with E-state index in [2.05, 4.69) is 16.0 Å². The minimum Gasteiger partial charge on any atom is -0.341 e. The number of carbonyl (C=O) groups is 2. The van der Waals surface area contributed by atoms with Crippen LogP contribution in [0.1, 0.15) is 39.0 Å². The Kier molecular flexibility index (Phi) is 3.71. The number of carbonyl (C=O) groups excluding carboxylic acids is 2. The summed E-state index contributed by atoms with van der Waals surface area (Å²) >= 11 is 0. The van der Waals surface area contributed by atoms with Crippen molar-refractivity contribution >= 4 is 11.9 Å². The van der Waals surface area contributed by atoms with Crippen molar-refractivity contribution in [3.05, 3.63) is 0 Å². The predicted molar refractivity (Wildman–Crippen MR) is 76.0 cm³/mol. The maximum atomic E-state index is 11.9. The fourth-order valence-electron chi connectivity index (χ4n) is 4.84. The second kappa shape index (κ2) is 5.35. The quantitative estimate of drug-likeness (QED) is 0.728. The van der Waals surface area contributed by atoms with Crippen LogP contribution in [0.5, 0.6) is 0 Å². The van der Waals surface area contributed by atoms with E-state index in [0.717, 1.165) is 23.7 Å². The van der Waals surface area contributed by atoms with Crippen molar-refractivity contribution in [3.8, 4) is 0 Å². The summed E-state index contributed by atoms with van der Waals surface area (Å²) in [5, 5.41) is 8.26. The van der Waals surface area contributed by atoms with E-state index in [-0.39, 0.29) is 11.9 Å². The van der Waals surface area contributed by atoms with Gasteiger partial charge < -0.3 is 10.6 Å². The smallest absolute Gasteiger partial charge is 0.321 e. The SMILES string of the molecule is CNC(=O)NC(=O)C(C)NC1C2CC3CC(C2)CC1C3. The van der Waals surface area contributed by atoms with Gasteiger partial charge in [0.25, 0.3) is 0 Å². The van der Waals surface area contributed by atoms with Gasteiger partial charge in [-0.15, -0.1) is 0 Å². The van der Waals surface area contributed by atoms with Gasteiger partial charge in [0.15, 0.2) is 0 Å². The number of nitrogens with one attached hydrogen (secondary N) is 3. The fourth-order valence-corrected chi connectivity index (χ4v) is 4.84. The van der Waals surface area contributed by atoms with Crippen molar-refractivity contribution in [1.29, 1.82) is 0 Å². The van der Waals surface area contributed by atoms with Gasteiger partial charge in [-0.25, -0.2) is 4.79 Å². The molecule has 4 aliphatic carbocycles. The molecule has 0 radical (unpaired) electrons. The highest BCUT2D eigenvalue weighted by Gasteiger charge is 2.48. The Hall–Kier alpha value is -1.10. The lowest BCUT2D eigenvalue weighted by Gasteiger charge is -2.55. The third kappa shape index (κ3) is 2.55. The number of hydrogen-bond donors (Lipinski definition) is 3. The Bertz CT molecular complexity index is 382. The van der Waals surface area contributed by atoms with E-state index in [1.54, 1.807) is 0 Å². The molecule has 3 N–H and O–H groups in total. The van der Waals surface area contributed by atoms with Gasteiger partial charge in [-0.05, 0) is 62.7 Å². The molecule has 0 spiro atoms. The van der Waals surface area contributed by atoms with Gasteiger partial charge >= 0.3 is 6.03 Å². The number of imide groups is 1. The first-order valence-electron chi connectivity index (χ1n) is 7.85. The van der Waals surface area contributed by atoms with Crippen LogP contribution in [0, 0.1) is 23.7 Å². The zero-order valence-electron chi connectivity index (χ0n) is 12.3. The van der Waals surface area contributed by atoms with Crippen LogP contribution < -0.4 is 16.0 Å². The van der Waals surface area contributed by atoms with Crippen LogP contribution in [0.25, 0.3) is 0 Å². The summed E-state index contributed by atoms with van der Waals surface area (Å²) in [6.45, 7) is 1.85. The molecule has 5 nitrogen and oxygen atoms in total. The molecule has 4 aliphatic rings. The third-order valence-electron chi connectivity index (χ3n) is 5.53. The van der Waals surface area contributed by atoms with Crippen LogP contribution >= 0.6 is 0 Å². The van der Waals surface area contributed by atoms with Gasteiger partial charge in [0, 0.05) is 13.1 Å². The molecule has 4 bridgehead atoms. The third-order valence-corrected chi connectivity index (χ3v) is 5.53. The Labute approximate surface area is 120 Å². The molecule has 20 heavy (non-hydrogen) atoms. The molecule has 0 aliphatic heterocycles. The number of hydrogen-bond acceptors (Lipinski definition) is 3. The number of rotatable bonds is 3. The molecule has 1 unspecified atom stereocenters. The first kappa shape index (κ1) is 13.9. The Balaban J connectivity index is 1.57. The van der Waals surface area contributed by atoms with Crippen molar-refractivity contribution in [2.24, 2.45) is 23.7 Å². The summed E-state index contributed by atoms with van der Waals surface area (Å²) < 4.78 is 0. The molecule has 4 fully saturated rings. The molecule has 112 valence electrons. The molecule has 1 atom stereocenters. The molecule has 0 saturated heterocycles. The summed E-state index contributed by atoms with van der Waals surface area (Å²) in [6, 6.07) is -0.281. The van der Waals surface area contributed by atoms with E-state index in [1.165, 1.54) is 39.2 Å². The summed E-state index contributed by atoms with van der Waals surface area (Å²) in [6.07, 6.45) is 6.75. The average Bonchev–Trinajstić information content (AvgIpc) is 2.41. The highest BCUT2D eigenvalue weighted by molar-refractivity contribution is 5.96. The zero-order chi connectivity index (χ0) is 14.3.